The standard InChI is InChI=1S/C16H13F3N2O2S/c17-16(18,19)12-7-11(20-14(22)9-1-2-9)3-4-13(12)21-15(23)10-5-6-24-8-10/h3-9H,1-2H2,(H,20,22)(H,21,23). The Kier molecular flexibility index (Phi) is 4.31. The summed E-state index contributed by atoms with van der Waals surface area (Å²) in [7, 11) is 0. The van der Waals surface area contributed by atoms with E-state index in [1.807, 2.05) is 0 Å². The highest BCUT2D eigenvalue weighted by molar-refractivity contribution is 7.08. The summed E-state index contributed by atoms with van der Waals surface area (Å²) in [6, 6.07) is 4.86. The van der Waals surface area contributed by atoms with E-state index >= 15 is 0 Å². The van der Waals surface area contributed by atoms with Crippen LogP contribution in [0.25, 0.3) is 0 Å². The number of benzene rings is 1. The maximum atomic E-state index is 13.3. The van der Waals surface area contributed by atoms with Gasteiger partial charge in [-0.15, -0.1) is 0 Å². The fourth-order valence-corrected chi connectivity index (χ4v) is 2.78. The number of alkyl halides is 3. The number of nitrogens with one attached hydrogen (secondary N) is 2. The Hall–Kier alpha value is -2.35. The molecule has 4 nitrogen and oxygen atoms in total. The van der Waals surface area contributed by atoms with Crippen LogP contribution in [0.1, 0.15) is 28.8 Å². The van der Waals surface area contributed by atoms with Crippen molar-refractivity contribution in [3.05, 3.63) is 46.2 Å². The van der Waals surface area contributed by atoms with E-state index in [9.17, 15) is 22.8 Å². The summed E-state index contributed by atoms with van der Waals surface area (Å²) in [6.07, 6.45) is -3.14. The van der Waals surface area contributed by atoms with Gasteiger partial charge in [0.05, 0.1) is 16.8 Å². The highest BCUT2D eigenvalue weighted by Gasteiger charge is 2.35. The molecule has 1 saturated carbocycles. The average Bonchev–Trinajstić information content (AvgIpc) is 3.22. The van der Waals surface area contributed by atoms with Gasteiger partial charge in [-0.05, 0) is 42.5 Å². The highest BCUT2D eigenvalue weighted by Crippen LogP contribution is 2.37. The van der Waals surface area contributed by atoms with Gasteiger partial charge in [0.15, 0.2) is 0 Å². The number of hydrogen-bond acceptors (Lipinski definition) is 3. The average molecular weight is 354 g/mol. The summed E-state index contributed by atoms with van der Waals surface area (Å²) in [6.45, 7) is 0. The van der Waals surface area contributed by atoms with Crippen LogP contribution < -0.4 is 10.6 Å². The predicted molar refractivity (Wildman–Crippen MR) is 85.1 cm³/mol. The SMILES string of the molecule is O=C(Nc1ccc(NC(=O)C2CC2)cc1C(F)(F)F)c1ccsc1. The lowest BCUT2D eigenvalue weighted by Crippen LogP contribution is -2.18. The van der Waals surface area contributed by atoms with E-state index in [-0.39, 0.29) is 23.2 Å². The minimum absolute atomic E-state index is 0.0627. The first kappa shape index (κ1) is 16.5. The van der Waals surface area contributed by atoms with E-state index < -0.39 is 17.6 Å². The van der Waals surface area contributed by atoms with Gasteiger partial charge in [0.25, 0.3) is 5.91 Å². The van der Waals surface area contributed by atoms with E-state index in [0.29, 0.717) is 5.56 Å². The molecular formula is C16H13F3N2O2S. The summed E-state index contributed by atoms with van der Waals surface area (Å²) >= 11 is 1.28. The van der Waals surface area contributed by atoms with Gasteiger partial charge in [-0.25, -0.2) is 0 Å². The lowest BCUT2D eigenvalue weighted by Gasteiger charge is -2.15. The van der Waals surface area contributed by atoms with Gasteiger partial charge in [0.2, 0.25) is 5.91 Å². The third-order valence-electron chi connectivity index (χ3n) is 3.57. The molecule has 0 spiro atoms. The van der Waals surface area contributed by atoms with Gasteiger partial charge in [0.1, 0.15) is 0 Å². The zero-order valence-electron chi connectivity index (χ0n) is 12.3. The summed E-state index contributed by atoms with van der Waals surface area (Å²) in [5.41, 5.74) is -0.991. The third kappa shape index (κ3) is 3.76. The van der Waals surface area contributed by atoms with Crippen LogP contribution in [0.2, 0.25) is 0 Å². The lowest BCUT2D eigenvalue weighted by molar-refractivity contribution is -0.137. The van der Waals surface area contributed by atoms with Crippen LogP contribution in [0.4, 0.5) is 24.5 Å². The largest absolute Gasteiger partial charge is 0.418 e. The zero-order chi connectivity index (χ0) is 17.3. The van der Waals surface area contributed by atoms with Crippen molar-refractivity contribution in [2.24, 2.45) is 5.92 Å². The van der Waals surface area contributed by atoms with Crippen LogP contribution in [-0.4, -0.2) is 11.8 Å². The number of thiophene rings is 1. The molecule has 1 aromatic heterocycles. The molecule has 0 radical (unpaired) electrons. The molecule has 1 heterocycles. The van der Waals surface area contributed by atoms with Gasteiger partial charge in [-0.2, -0.15) is 24.5 Å². The van der Waals surface area contributed by atoms with Crippen LogP contribution in [-0.2, 0) is 11.0 Å². The summed E-state index contributed by atoms with van der Waals surface area (Å²) in [5.74, 6) is -1.01. The second kappa shape index (κ2) is 6.27. The second-order valence-electron chi connectivity index (χ2n) is 5.49. The fourth-order valence-electron chi connectivity index (χ4n) is 2.14. The molecule has 1 aromatic carbocycles. The number of rotatable bonds is 4. The molecule has 3 rings (SSSR count). The normalized spacial score (nSPS) is 14.3. The molecule has 0 bridgehead atoms. The summed E-state index contributed by atoms with van der Waals surface area (Å²) in [4.78, 5) is 23.7. The monoisotopic (exact) mass is 354 g/mol. The van der Waals surface area contributed by atoms with Crippen molar-refractivity contribution < 1.29 is 22.8 Å². The Morgan fingerprint density at radius 2 is 1.88 bits per heavy atom. The first-order valence-electron chi connectivity index (χ1n) is 7.20. The van der Waals surface area contributed by atoms with E-state index in [0.717, 1.165) is 25.0 Å². The van der Waals surface area contributed by atoms with E-state index in [1.165, 1.54) is 23.5 Å². The summed E-state index contributed by atoms with van der Waals surface area (Å²) in [5, 5.41) is 7.96. The Balaban J connectivity index is 1.85. The van der Waals surface area contributed by atoms with Crippen molar-refractivity contribution in [2.45, 2.75) is 19.0 Å². The molecule has 0 atom stereocenters. The first-order chi connectivity index (χ1) is 11.3. The minimum Gasteiger partial charge on any atom is -0.326 e. The Morgan fingerprint density at radius 3 is 2.46 bits per heavy atom. The number of halogens is 3. The highest BCUT2D eigenvalue weighted by atomic mass is 32.1. The first-order valence-corrected chi connectivity index (χ1v) is 8.14. The molecule has 2 N–H and O–H groups in total. The van der Waals surface area contributed by atoms with Gasteiger partial charge < -0.3 is 10.6 Å². The number of carbonyl (C=O) groups is 2. The molecular weight excluding hydrogens is 341 g/mol. The number of anilines is 2. The van der Waals surface area contributed by atoms with E-state index in [1.54, 1.807) is 10.8 Å². The maximum Gasteiger partial charge on any atom is 0.418 e. The van der Waals surface area contributed by atoms with Crippen LogP contribution in [0, 0.1) is 5.92 Å². The molecule has 2 aromatic rings. The smallest absolute Gasteiger partial charge is 0.326 e. The fraction of sp³-hybridized carbons (Fsp3) is 0.250. The van der Waals surface area contributed by atoms with Gasteiger partial charge in [-0.1, -0.05) is 0 Å². The third-order valence-corrected chi connectivity index (χ3v) is 4.26. The van der Waals surface area contributed by atoms with E-state index in [4.69, 9.17) is 0 Å². The molecule has 8 heteroatoms. The minimum atomic E-state index is -4.66. The molecule has 1 fully saturated rings. The molecule has 1 aliphatic rings. The molecule has 2 amide bonds. The quantitative estimate of drug-likeness (QED) is 0.857. The van der Waals surface area contributed by atoms with Gasteiger partial charge in [-0.3, -0.25) is 9.59 Å². The van der Waals surface area contributed by atoms with Crippen molar-refractivity contribution in [3.8, 4) is 0 Å². The number of carbonyl (C=O) groups excluding carboxylic acids is 2. The van der Waals surface area contributed by atoms with Crippen molar-refractivity contribution in [1.29, 1.82) is 0 Å². The molecule has 1 aliphatic carbocycles. The van der Waals surface area contributed by atoms with E-state index in [2.05, 4.69) is 10.6 Å². The van der Waals surface area contributed by atoms with Crippen LogP contribution >= 0.6 is 11.3 Å². The Morgan fingerprint density at radius 1 is 1.12 bits per heavy atom. The molecule has 0 saturated heterocycles. The van der Waals surface area contributed by atoms with Crippen LogP contribution in [0.15, 0.2) is 35.0 Å². The molecule has 0 aliphatic heterocycles. The Labute approximate surface area is 139 Å². The molecule has 0 unspecified atom stereocenters. The van der Waals surface area contributed by atoms with Crippen molar-refractivity contribution in [1.82, 2.24) is 0 Å². The molecule has 24 heavy (non-hydrogen) atoms. The van der Waals surface area contributed by atoms with Gasteiger partial charge in [0, 0.05) is 17.0 Å². The predicted octanol–water partition coefficient (Wildman–Crippen LogP) is 4.37. The van der Waals surface area contributed by atoms with Crippen LogP contribution in [0.5, 0.6) is 0 Å². The topological polar surface area (TPSA) is 58.2 Å². The maximum absolute atomic E-state index is 13.3. The number of hydrogen-bond donors (Lipinski definition) is 2. The van der Waals surface area contributed by atoms with Gasteiger partial charge >= 0.3 is 6.18 Å². The van der Waals surface area contributed by atoms with Crippen molar-refractivity contribution >= 4 is 34.5 Å². The van der Waals surface area contributed by atoms with Crippen molar-refractivity contribution in [3.63, 3.8) is 0 Å². The Bertz CT molecular complexity index is 768. The lowest BCUT2D eigenvalue weighted by atomic mass is 10.1. The number of amides is 2. The second-order valence-corrected chi connectivity index (χ2v) is 6.27. The summed E-state index contributed by atoms with van der Waals surface area (Å²) < 4.78 is 39.8. The van der Waals surface area contributed by atoms with Crippen molar-refractivity contribution in [2.75, 3.05) is 10.6 Å². The van der Waals surface area contributed by atoms with Crippen LogP contribution in [0.3, 0.4) is 0 Å². The molecule has 126 valence electrons. The zero-order valence-corrected chi connectivity index (χ0v) is 13.1.